The molecule has 2 N–H and O–H groups in total. The Balaban J connectivity index is 2.23. The van der Waals surface area contributed by atoms with Gasteiger partial charge in [-0.3, -0.25) is 14.9 Å². The molecular formula is C16H21NO4. The average Bonchev–Trinajstić information content (AvgIpc) is 2.83. The first-order valence-corrected chi connectivity index (χ1v) is 7.04. The van der Waals surface area contributed by atoms with Crippen LogP contribution in [0, 0.1) is 5.92 Å². The Hall–Kier alpha value is -1.88. The predicted octanol–water partition coefficient (Wildman–Crippen LogP) is 2.13. The fourth-order valence-electron chi connectivity index (χ4n) is 2.56. The highest BCUT2D eigenvalue weighted by atomic mass is 16.6. The van der Waals surface area contributed by atoms with E-state index >= 15 is 0 Å². The average molecular weight is 291 g/mol. The van der Waals surface area contributed by atoms with Crippen molar-refractivity contribution in [1.29, 1.82) is 0 Å². The third-order valence-electron chi connectivity index (χ3n) is 3.44. The van der Waals surface area contributed by atoms with E-state index < -0.39 is 23.5 Å². The summed E-state index contributed by atoms with van der Waals surface area (Å²) in [5.41, 5.74) is 0.316. The van der Waals surface area contributed by atoms with E-state index in [9.17, 15) is 14.7 Å². The smallest absolute Gasteiger partial charge is 0.320 e. The highest BCUT2D eigenvalue weighted by Gasteiger charge is 2.43. The standard InChI is InChI=1S/C16H21NO4/c1-16(2,3)21-15(20)11-9-12(14(18)19)17-13(11)10-7-5-4-6-8-10/h4-8,11-13,17H,9H2,1-3H3,(H,18,19). The van der Waals surface area contributed by atoms with Crippen molar-refractivity contribution < 1.29 is 19.4 Å². The van der Waals surface area contributed by atoms with Crippen molar-refractivity contribution in [3.8, 4) is 0 Å². The summed E-state index contributed by atoms with van der Waals surface area (Å²) < 4.78 is 5.43. The van der Waals surface area contributed by atoms with Crippen LogP contribution in [0.15, 0.2) is 30.3 Å². The Morgan fingerprint density at radius 2 is 1.86 bits per heavy atom. The van der Waals surface area contributed by atoms with Crippen molar-refractivity contribution in [3.63, 3.8) is 0 Å². The third-order valence-corrected chi connectivity index (χ3v) is 3.44. The maximum atomic E-state index is 12.4. The summed E-state index contributed by atoms with van der Waals surface area (Å²) in [6, 6.07) is 8.35. The van der Waals surface area contributed by atoms with Crippen molar-refractivity contribution in [1.82, 2.24) is 5.32 Å². The summed E-state index contributed by atoms with van der Waals surface area (Å²) in [6.45, 7) is 5.42. The van der Waals surface area contributed by atoms with Crippen LogP contribution in [0.2, 0.25) is 0 Å². The number of hydrogen-bond donors (Lipinski definition) is 2. The highest BCUT2D eigenvalue weighted by molar-refractivity contribution is 5.79. The molecule has 5 nitrogen and oxygen atoms in total. The highest BCUT2D eigenvalue weighted by Crippen LogP contribution is 2.34. The third kappa shape index (κ3) is 3.82. The van der Waals surface area contributed by atoms with Gasteiger partial charge in [-0.2, -0.15) is 0 Å². The van der Waals surface area contributed by atoms with Crippen LogP contribution in [-0.4, -0.2) is 28.7 Å². The number of hydrogen-bond acceptors (Lipinski definition) is 4. The van der Waals surface area contributed by atoms with E-state index in [0.29, 0.717) is 0 Å². The van der Waals surface area contributed by atoms with Crippen LogP contribution in [0.4, 0.5) is 0 Å². The van der Waals surface area contributed by atoms with Crippen molar-refractivity contribution in [2.45, 2.75) is 44.9 Å². The van der Waals surface area contributed by atoms with Gasteiger partial charge in [-0.05, 0) is 32.8 Å². The number of carboxylic acid groups (broad SMARTS) is 1. The maximum absolute atomic E-state index is 12.4. The number of carboxylic acids is 1. The second-order valence-corrected chi connectivity index (χ2v) is 6.32. The van der Waals surface area contributed by atoms with Crippen LogP contribution < -0.4 is 5.32 Å². The van der Waals surface area contributed by atoms with Crippen LogP contribution >= 0.6 is 0 Å². The zero-order valence-electron chi connectivity index (χ0n) is 12.5. The van der Waals surface area contributed by atoms with Gasteiger partial charge in [0, 0.05) is 6.04 Å². The van der Waals surface area contributed by atoms with Crippen LogP contribution in [0.1, 0.15) is 38.8 Å². The van der Waals surface area contributed by atoms with Gasteiger partial charge in [-0.25, -0.2) is 0 Å². The molecule has 2 rings (SSSR count). The first-order valence-electron chi connectivity index (χ1n) is 7.04. The Kier molecular flexibility index (Phi) is 4.32. The predicted molar refractivity (Wildman–Crippen MR) is 77.7 cm³/mol. The SMILES string of the molecule is CC(C)(C)OC(=O)C1CC(C(=O)O)NC1c1ccccc1. The minimum absolute atomic E-state index is 0.240. The Morgan fingerprint density at radius 3 is 2.38 bits per heavy atom. The van der Waals surface area contributed by atoms with E-state index in [-0.39, 0.29) is 18.4 Å². The number of esters is 1. The number of nitrogens with one attached hydrogen (secondary N) is 1. The van der Waals surface area contributed by atoms with Gasteiger partial charge in [0.1, 0.15) is 11.6 Å². The molecule has 0 spiro atoms. The summed E-state index contributed by atoms with van der Waals surface area (Å²) in [5, 5.41) is 12.2. The van der Waals surface area contributed by atoms with Crippen LogP contribution in [-0.2, 0) is 14.3 Å². The lowest BCUT2D eigenvalue weighted by Crippen LogP contribution is -2.33. The summed E-state index contributed by atoms with van der Waals surface area (Å²) in [6.07, 6.45) is 0.240. The van der Waals surface area contributed by atoms with Crippen molar-refractivity contribution in [3.05, 3.63) is 35.9 Å². The molecule has 0 bridgehead atoms. The van der Waals surface area contributed by atoms with E-state index in [4.69, 9.17) is 4.74 Å². The van der Waals surface area contributed by atoms with E-state index in [0.717, 1.165) is 5.56 Å². The lowest BCUT2D eigenvalue weighted by atomic mass is 9.93. The molecular weight excluding hydrogens is 270 g/mol. The van der Waals surface area contributed by atoms with Crippen molar-refractivity contribution in [2.24, 2.45) is 5.92 Å². The molecule has 3 atom stereocenters. The van der Waals surface area contributed by atoms with Crippen molar-refractivity contribution >= 4 is 11.9 Å². The molecule has 3 unspecified atom stereocenters. The Morgan fingerprint density at radius 1 is 1.24 bits per heavy atom. The summed E-state index contributed by atoms with van der Waals surface area (Å²) in [4.78, 5) is 23.6. The number of carbonyl (C=O) groups excluding carboxylic acids is 1. The van der Waals surface area contributed by atoms with Gasteiger partial charge in [0.15, 0.2) is 0 Å². The normalized spacial score (nSPS) is 25.6. The quantitative estimate of drug-likeness (QED) is 0.834. The number of aliphatic carboxylic acids is 1. The Labute approximate surface area is 124 Å². The van der Waals surface area contributed by atoms with Gasteiger partial charge in [-0.1, -0.05) is 30.3 Å². The number of rotatable bonds is 3. The summed E-state index contributed by atoms with van der Waals surface area (Å²) in [5.74, 6) is -1.79. The molecule has 5 heteroatoms. The second-order valence-electron chi connectivity index (χ2n) is 6.32. The lowest BCUT2D eigenvalue weighted by Gasteiger charge is -2.25. The summed E-state index contributed by atoms with van der Waals surface area (Å²) in [7, 11) is 0. The molecule has 21 heavy (non-hydrogen) atoms. The molecule has 0 saturated carbocycles. The number of ether oxygens (including phenoxy) is 1. The zero-order chi connectivity index (χ0) is 15.6. The molecule has 0 amide bonds. The molecule has 114 valence electrons. The topological polar surface area (TPSA) is 75.6 Å². The van der Waals surface area contributed by atoms with Gasteiger partial charge >= 0.3 is 11.9 Å². The first-order chi connectivity index (χ1) is 9.78. The van der Waals surface area contributed by atoms with Gasteiger partial charge in [0.2, 0.25) is 0 Å². The van der Waals surface area contributed by atoms with E-state index in [1.807, 2.05) is 30.3 Å². The summed E-state index contributed by atoms with van der Waals surface area (Å²) >= 11 is 0. The van der Waals surface area contributed by atoms with E-state index in [1.165, 1.54) is 0 Å². The van der Waals surface area contributed by atoms with Gasteiger partial charge in [0.25, 0.3) is 0 Å². The molecule has 1 fully saturated rings. The van der Waals surface area contributed by atoms with E-state index in [2.05, 4.69) is 5.32 Å². The number of carbonyl (C=O) groups is 2. The van der Waals surface area contributed by atoms with Gasteiger partial charge < -0.3 is 9.84 Å². The largest absolute Gasteiger partial charge is 0.480 e. The molecule has 1 aliphatic heterocycles. The molecule has 1 heterocycles. The molecule has 0 aliphatic carbocycles. The van der Waals surface area contributed by atoms with Gasteiger partial charge in [-0.15, -0.1) is 0 Å². The molecule has 0 radical (unpaired) electrons. The fourth-order valence-corrected chi connectivity index (χ4v) is 2.56. The molecule has 1 saturated heterocycles. The van der Waals surface area contributed by atoms with Gasteiger partial charge in [0.05, 0.1) is 5.92 Å². The number of benzene rings is 1. The monoisotopic (exact) mass is 291 g/mol. The second kappa shape index (κ2) is 5.85. The molecule has 0 aromatic heterocycles. The van der Waals surface area contributed by atoms with Crippen LogP contribution in [0.25, 0.3) is 0 Å². The van der Waals surface area contributed by atoms with Crippen molar-refractivity contribution in [2.75, 3.05) is 0 Å². The van der Waals surface area contributed by atoms with Crippen LogP contribution in [0.5, 0.6) is 0 Å². The van der Waals surface area contributed by atoms with Crippen LogP contribution in [0.3, 0.4) is 0 Å². The minimum Gasteiger partial charge on any atom is -0.480 e. The minimum atomic E-state index is -0.943. The fraction of sp³-hybridized carbons (Fsp3) is 0.500. The first kappa shape index (κ1) is 15.5. The Bertz CT molecular complexity index is 521. The maximum Gasteiger partial charge on any atom is 0.320 e. The zero-order valence-corrected chi connectivity index (χ0v) is 12.5. The van der Waals surface area contributed by atoms with E-state index in [1.54, 1.807) is 20.8 Å². The molecule has 1 aromatic rings. The lowest BCUT2D eigenvalue weighted by molar-refractivity contribution is -0.160. The molecule has 1 aromatic carbocycles. The molecule has 1 aliphatic rings.